The zero-order valence-electron chi connectivity index (χ0n) is 8.03. The fraction of sp³-hybridized carbons (Fsp3) is 0.444. The van der Waals surface area contributed by atoms with E-state index in [1.807, 2.05) is 13.8 Å². The van der Waals surface area contributed by atoms with Crippen molar-refractivity contribution in [3.05, 3.63) is 18.1 Å². The van der Waals surface area contributed by atoms with Gasteiger partial charge in [-0.25, -0.2) is 4.98 Å². The number of carbonyl (C=O) groups is 1. The molecule has 0 aromatic carbocycles. The Kier molecular flexibility index (Phi) is 2.95. The Morgan fingerprint density at radius 1 is 1.38 bits per heavy atom. The van der Waals surface area contributed by atoms with Crippen LogP contribution in [0.3, 0.4) is 0 Å². The molecule has 0 spiro atoms. The minimum absolute atomic E-state index is 0.133. The normalized spacial score (nSPS) is 10.2. The molecule has 0 unspecified atom stereocenters. The number of anilines is 1. The molecule has 0 bridgehead atoms. The number of aromatic nitrogens is 2. The van der Waals surface area contributed by atoms with E-state index in [-0.39, 0.29) is 5.91 Å². The van der Waals surface area contributed by atoms with Crippen LogP contribution >= 0.6 is 0 Å². The van der Waals surface area contributed by atoms with Crippen molar-refractivity contribution in [2.45, 2.75) is 26.7 Å². The summed E-state index contributed by atoms with van der Waals surface area (Å²) in [5.74, 6) is 0.724. The van der Waals surface area contributed by atoms with Gasteiger partial charge in [-0.15, -0.1) is 0 Å². The number of amides is 1. The standard InChI is InChI=1S/C9H13N3O/c1-6(2)8-4-11-9(5-10-8)12-7(3)13/h4-6H,1-3H3,(H,11,12,13). The quantitative estimate of drug-likeness (QED) is 0.749. The first-order chi connectivity index (χ1) is 6.09. The molecule has 0 aliphatic heterocycles. The highest BCUT2D eigenvalue weighted by atomic mass is 16.1. The van der Waals surface area contributed by atoms with Crippen LogP contribution in [0.25, 0.3) is 0 Å². The summed E-state index contributed by atoms with van der Waals surface area (Å²) in [6.45, 7) is 5.53. The largest absolute Gasteiger partial charge is 0.310 e. The van der Waals surface area contributed by atoms with Gasteiger partial charge in [0.15, 0.2) is 5.82 Å². The van der Waals surface area contributed by atoms with Crippen molar-refractivity contribution in [3.8, 4) is 0 Å². The van der Waals surface area contributed by atoms with E-state index in [2.05, 4.69) is 15.3 Å². The van der Waals surface area contributed by atoms with Crippen LogP contribution in [0.1, 0.15) is 32.4 Å². The van der Waals surface area contributed by atoms with E-state index < -0.39 is 0 Å². The van der Waals surface area contributed by atoms with Crippen molar-refractivity contribution in [3.63, 3.8) is 0 Å². The summed E-state index contributed by atoms with van der Waals surface area (Å²) in [4.78, 5) is 18.9. The topological polar surface area (TPSA) is 54.9 Å². The molecule has 0 atom stereocenters. The molecule has 1 amide bonds. The lowest BCUT2D eigenvalue weighted by Crippen LogP contribution is -2.08. The Labute approximate surface area is 77.4 Å². The molecule has 0 fully saturated rings. The monoisotopic (exact) mass is 179 g/mol. The highest BCUT2D eigenvalue weighted by Crippen LogP contribution is 2.10. The van der Waals surface area contributed by atoms with Crippen LogP contribution < -0.4 is 5.32 Å². The lowest BCUT2D eigenvalue weighted by molar-refractivity contribution is -0.114. The summed E-state index contributed by atoms with van der Waals surface area (Å²) >= 11 is 0. The van der Waals surface area contributed by atoms with Gasteiger partial charge in [-0.05, 0) is 5.92 Å². The second kappa shape index (κ2) is 3.98. The van der Waals surface area contributed by atoms with Gasteiger partial charge in [0.25, 0.3) is 0 Å². The van der Waals surface area contributed by atoms with Crippen molar-refractivity contribution in [1.82, 2.24) is 9.97 Å². The number of nitrogens with zero attached hydrogens (tertiary/aromatic N) is 2. The number of hydrogen-bond acceptors (Lipinski definition) is 3. The van der Waals surface area contributed by atoms with Gasteiger partial charge < -0.3 is 5.32 Å². The molecular formula is C9H13N3O. The van der Waals surface area contributed by atoms with Crippen LogP contribution in [0.2, 0.25) is 0 Å². The summed E-state index contributed by atoms with van der Waals surface area (Å²) in [7, 11) is 0. The van der Waals surface area contributed by atoms with Gasteiger partial charge in [0.05, 0.1) is 18.1 Å². The maximum atomic E-state index is 10.7. The number of nitrogens with one attached hydrogen (secondary N) is 1. The average molecular weight is 179 g/mol. The molecule has 1 aromatic heterocycles. The zero-order valence-corrected chi connectivity index (χ0v) is 8.03. The summed E-state index contributed by atoms with van der Waals surface area (Å²) < 4.78 is 0. The molecule has 0 aliphatic carbocycles. The van der Waals surface area contributed by atoms with Crippen LogP contribution in [-0.4, -0.2) is 15.9 Å². The molecule has 0 aliphatic rings. The van der Waals surface area contributed by atoms with Crippen LogP contribution in [0, 0.1) is 0 Å². The molecule has 70 valence electrons. The Hall–Kier alpha value is -1.45. The minimum atomic E-state index is -0.133. The van der Waals surface area contributed by atoms with Gasteiger partial charge in [-0.2, -0.15) is 0 Å². The van der Waals surface area contributed by atoms with Gasteiger partial charge in [0, 0.05) is 6.92 Å². The van der Waals surface area contributed by atoms with E-state index in [1.165, 1.54) is 6.92 Å². The molecule has 1 aromatic rings. The lowest BCUT2D eigenvalue weighted by atomic mass is 10.1. The maximum Gasteiger partial charge on any atom is 0.222 e. The van der Waals surface area contributed by atoms with Crippen molar-refractivity contribution in [2.24, 2.45) is 0 Å². The molecule has 13 heavy (non-hydrogen) atoms. The fourth-order valence-corrected chi connectivity index (χ4v) is 0.881. The summed E-state index contributed by atoms with van der Waals surface area (Å²) in [6, 6.07) is 0. The third-order valence-corrected chi connectivity index (χ3v) is 1.57. The van der Waals surface area contributed by atoms with E-state index in [1.54, 1.807) is 12.4 Å². The Bertz CT molecular complexity index is 292. The Morgan fingerprint density at radius 3 is 2.46 bits per heavy atom. The first-order valence-electron chi connectivity index (χ1n) is 4.19. The highest BCUT2D eigenvalue weighted by molar-refractivity contribution is 5.87. The van der Waals surface area contributed by atoms with Crippen molar-refractivity contribution in [1.29, 1.82) is 0 Å². The van der Waals surface area contributed by atoms with Gasteiger partial charge >= 0.3 is 0 Å². The minimum Gasteiger partial charge on any atom is -0.310 e. The van der Waals surface area contributed by atoms with Gasteiger partial charge in [0.1, 0.15) is 0 Å². The average Bonchev–Trinajstić information content (AvgIpc) is 2.04. The maximum absolute atomic E-state index is 10.7. The number of rotatable bonds is 2. The SMILES string of the molecule is CC(=O)Nc1cnc(C(C)C)cn1. The molecule has 1 N–H and O–H groups in total. The predicted octanol–water partition coefficient (Wildman–Crippen LogP) is 1.56. The van der Waals surface area contributed by atoms with Crippen molar-refractivity contribution < 1.29 is 4.79 Å². The third-order valence-electron chi connectivity index (χ3n) is 1.57. The van der Waals surface area contributed by atoms with Gasteiger partial charge in [-0.3, -0.25) is 9.78 Å². The molecule has 1 heterocycles. The zero-order chi connectivity index (χ0) is 9.84. The summed E-state index contributed by atoms with van der Waals surface area (Å²) in [5, 5.41) is 2.56. The molecule has 0 saturated heterocycles. The van der Waals surface area contributed by atoms with E-state index in [9.17, 15) is 4.79 Å². The van der Waals surface area contributed by atoms with Crippen molar-refractivity contribution >= 4 is 11.7 Å². The summed E-state index contributed by atoms with van der Waals surface area (Å²) in [6.07, 6.45) is 3.24. The van der Waals surface area contributed by atoms with E-state index in [4.69, 9.17) is 0 Å². The lowest BCUT2D eigenvalue weighted by Gasteiger charge is -2.04. The second-order valence-electron chi connectivity index (χ2n) is 3.16. The van der Waals surface area contributed by atoms with Crippen LogP contribution in [0.4, 0.5) is 5.82 Å². The smallest absolute Gasteiger partial charge is 0.222 e. The second-order valence-corrected chi connectivity index (χ2v) is 3.16. The van der Waals surface area contributed by atoms with Crippen molar-refractivity contribution in [2.75, 3.05) is 5.32 Å². The van der Waals surface area contributed by atoms with Crippen LogP contribution in [0.15, 0.2) is 12.4 Å². The molecule has 0 radical (unpaired) electrons. The highest BCUT2D eigenvalue weighted by Gasteiger charge is 2.01. The Balaban J connectivity index is 2.75. The summed E-state index contributed by atoms with van der Waals surface area (Å²) in [5.41, 5.74) is 0.925. The first-order valence-corrected chi connectivity index (χ1v) is 4.19. The first kappa shape index (κ1) is 9.64. The van der Waals surface area contributed by atoms with E-state index in [0.29, 0.717) is 11.7 Å². The van der Waals surface area contributed by atoms with Gasteiger partial charge in [0.2, 0.25) is 5.91 Å². The molecule has 1 rings (SSSR count). The molecular weight excluding hydrogens is 166 g/mol. The molecule has 4 nitrogen and oxygen atoms in total. The van der Waals surface area contributed by atoms with Crippen LogP contribution in [0.5, 0.6) is 0 Å². The van der Waals surface area contributed by atoms with Gasteiger partial charge in [-0.1, -0.05) is 13.8 Å². The van der Waals surface area contributed by atoms with E-state index >= 15 is 0 Å². The van der Waals surface area contributed by atoms with E-state index in [0.717, 1.165) is 5.69 Å². The molecule has 4 heteroatoms. The molecule has 0 saturated carbocycles. The van der Waals surface area contributed by atoms with Crippen LogP contribution in [-0.2, 0) is 4.79 Å². The number of carbonyl (C=O) groups excluding carboxylic acids is 1. The number of hydrogen-bond donors (Lipinski definition) is 1. The fourth-order valence-electron chi connectivity index (χ4n) is 0.881. The Morgan fingerprint density at radius 2 is 2.08 bits per heavy atom. The third kappa shape index (κ3) is 2.82. The predicted molar refractivity (Wildman–Crippen MR) is 50.4 cm³/mol.